The van der Waals surface area contributed by atoms with E-state index in [1.165, 1.54) is 12.1 Å². The molecule has 0 aromatic heterocycles. The molecule has 0 atom stereocenters. The van der Waals surface area contributed by atoms with Crippen LogP contribution in [0.4, 0.5) is 10.1 Å². The van der Waals surface area contributed by atoms with Crippen LogP contribution in [0.5, 0.6) is 0 Å². The number of anilines is 1. The second-order valence-corrected chi connectivity index (χ2v) is 4.42. The molecule has 0 amide bonds. The first kappa shape index (κ1) is 12.9. The van der Waals surface area contributed by atoms with E-state index in [4.69, 9.17) is 0 Å². The van der Waals surface area contributed by atoms with Crippen molar-refractivity contribution in [3.63, 3.8) is 0 Å². The summed E-state index contributed by atoms with van der Waals surface area (Å²) in [4.78, 5) is 0. The molecular weight excluding hydrogens is 177 g/mol. The van der Waals surface area contributed by atoms with Gasteiger partial charge in [-0.25, -0.2) is 4.39 Å². The van der Waals surface area contributed by atoms with Crippen molar-refractivity contribution in [2.45, 2.75) is 28.2 Å². The van der Waals surface area contributed by atoms with Gasteiger partial charge >= 0.3 is 0 Å². The standard InChI is InChI=1S/C11H16FN.CH4/c1-11(2,3)8-13-10-6-4-9(12)5-7-10;/h4-7,13H,8H2,1-3H3;1H4. The predicted octanol–water partition coefficient (Wildman–Crippen LogP) is 3.92. The van der Waals surface area contributed by atoms with Gasteiger partial charge in [-0.2, -0.15) is 0 Å². The van der Waals surface area contributed by atoms with E-state index in [1.807, 2.05) is 0 Å². The fourth-order valence-electron chi connectivity index (χ4n) is 0.935. The molecule has 0 radical (unpaired) electrons. The third kappa shape index (κ3) is 4.85. The summed E-state index contributed by atoms with van der Waals surface area (Å²) in [5.41, 5.74) is 1.21. The minimum Gasteiger partial charge on any atom is -0.385 e. The minimum atomic E-state index is -0.193. The number of nitrogens with one attached hydrogen (secondary N) is 1. The Labute approximate surface area is 86.3 Å². The first-order chi connectivity index (χ1) is 5.97. The van der Waals surface area contributed by atoms with Crippen molar-refractivity contribution < 1.29 is 4.39 Å². The van der Waals surface area contributed by atoms with Gasteiger partial charge in [-0.05, 0) is 29.7 Å². The van der Waals surface area contributed by atoms with Crippen LogP contribution in [0.1, 0.15) is 28.2 Å². The topological polar surface area (TPSA) is 12.0 Å². The molecule has 0 aliphatic heterocycles. The summed E-state index contributed by atoms with van der Waals surface area (Å²) in [6.45, 7) is 7.36. The van der Waals surface area contributed by atoms with Gasteiger partial charge in [0.15, 0.2) is 0 Å². The molecule has 2 heteroatoms. The lowest BCUT2D eigenvalue weighted by Crippen LogP contribution is -2.18. The van der Waals surface area contributed by atoms with Crippen molar-refractivity contribution in [1.82, 2.24) is 0 Å². The van der Waals surface area contributed by atoms with Crippen LogP contribution in [0.2, 0.25) is 0 Å². The van der Waals surface area contributed by atoms with E-state index in [2.05, 4.69) is 26.1 Å². The second-order valence-electron chi connectivity index (χ2n) is 4.42. The lowest BCUT2D eigenvalue weighted by atomic mass is 9.97. The fourth-order valence-corrected chi connectivity index (χ4v) is 0.935. The molecule has 14 heavy (non-hydrogen) atoms. The average Bonchev–Trinajstić information content (AvgIpc) is 2.02. The molecule has 1 N–H and O–H groups in total. The Balaban J connectivity index is 0.00000169. The van der Waals surface area contributed by atoms with E-state index >= 15 is 0 Å². The number of hydrogen-bond acceptors (Lipinski definition) is 1. The molecule has 1 rings (SSSR count). The van der Waals surface area contributed by atoms with Gasteiger partial charge in [0.1, 0.15) is 5.82 Å². The van der Waals surface area contributed by atoms with E-state index in [0.29, 0.717) is 0 Å². The van der Waals surface area contributed by atoms with Crippen LogP contribution in [0.3, 0.4) is 0 Å². The van der Waals surface area contributed by atoms with Crippen LogP contribution in [0.25, 0.3) is 0 Å². The summed E-state index contributed by atoms with van der Waals surface area (Å²) >= 11 is 0. The molecular formula is C12H20FN. The molecule has 80 valence electrons. The molecule has 1 aromatic rings. The second kappa shape index (κ2) is 4.99. The van der Waals surface area contributed by atoms with Crippen LogP contribution in [0, 0.1) is 11.2 Å². The van der Waals surface area contributed by atoms with Crippen molar-refractivity contribution in [2.24, 2.45) is 5.41 Å². The molecule has 0 aliphatic carbocycles. The third-order valence-corrected chi connectivity index (χ3v) is 1.67. The van der Waals surface area contributed by atoms with Crippen LogP contribution >= 0.6 is 0 Å². The van der Waals surface area contributed by atoms with E-state index in [9.17, 15) is 4.39 Å². The maximum Gasteiger partial charge on any atom is 0.123 e. The van der Waals surface area contributed by atoms with Crippen LogP contribution in [0.15, 0.2) is 24.3 Å². The van der Waals surface area contributed by atoms with E-state index in [1.54, 1.807) is 12.1 Å². The Morgan fingerprint density at radius 3 is 2.07 bits per heavy atom. The average molecular weight is 197 g/mol. The molecule has 0 bridgehead atoms. The normalized spacial score (nSPS) is 10.6. The van der Waals surface area contributed by atoms with Crippen molar-refractivity contribution in [3.05, 3.63) is 30.1 Å². The Hall–Kier alpha value is -1.05. The maximum atomic E-state index is 12.5. The largest absolute Gasteiger partial charge is 0.385 e. The molecule has 0 spiro atoms. The number of halogens is 1. The predicted molar refractivity (Wildman–Crippen MR) is 61.1 cm³/mol. The van der Waals surface area contributed by atoms with Crippen molar-refractivity contribution in [3.8, 4) is 0 Å². The summed E-state index contributed by atoms with van der Waals surface area (Å²) in [7, 11) is 0. The van der Waals surface area contributed by atoms with Gasteiger partial charge in [0.25, 0.3) is 0 Å². The van der Waals surface area contributed by atoms with Gasteiger partial charge in [-0.3, -0.25) is 0 Å². The van der Waals surface area contributed by atoms with Gasteiger partial charge in [-0.15, -0.1) is 0 Å². The number of hydrogen-bond donors (Lipinski definition) is 1. The fraction of sp³-hybridized carbons (Fsp3) is 0.500. The Morgan fingerprint density at radius 1 is 1.14 bits per heavy atom. The van der Waals surface area contributed by atoms with E-state index in [-0.39, 0.29) is 18.7 Å². The van der Waals surface area contributed by atoms with E-state index in [0.717, 1.165) is 12.2 Å². The molecule has 1 nitrogen and oxygen atoms in total. The first-order valence-electron chi connectivity index (χ1n) is 4.47. The van der Waals surface area contributed by atoms with Gasteiger partial charge in [-0.1, -0.05) is 28.2 Å². The highest BCUT2D eigenvalue weighted by Crippen LogP contribution is 2.15. The molecule has 0 heterocycles. The van der Waals surface area contributed by atoms with Gasteiger partial charge in [0, 0.05) is 12.2 Å². The Kier molecular flexibility index (Phi) is 4.61. The van der Waals surface area contributed by atoms with Gasteiger partial charge in [0.2, 0.25) is 0 Å². The van der Waals surface area contributed by atoms with Gasteiger partial charge in [0.05, 0.1) is 0 Å². The monoisotopic (exact) mass is 197 g/mol. The lowest BCUT2D eigenvalue weighted by Gasteiger charge is -2.19. The van der Waals surface area contributed by atoms with E-state index < -0.39 is 0 Å². The molecule has 0 fully saturated rings. The van der Waals surface area contributed by atoms with Crippen LogP contribution < -0.4 is 5.32 Å². The smallest absolute Gasteiger partial charge is 0.123 e. The molecule has 0 aliphatic rings. The maximum absolute atomic E-state index is 12.5. The van der Waals surface area contributed by atoms with Crippen LogP contribution in [-0.2, 0) is 0 Å². The highest BCUT2D eigenvalue weighted by atomic mass is 19.1. The molecule has 0 saturated heterocycles. The SMILES string of the molecule is C.CC(C)(C)CNc1ccc(F)cc1. The highest BCUT2D eigenvalue weighted by Gasteiger charge is 2.08. The molecule has 0 saturated carbocycles. The summed E-state index contributed by atoms with van der Waals surface area (Å²) in [6.07, 6.45) is 0. The Morgan fingerprint density at radius 2 is 1.64 bits per heavy atom. The third-order valence-electron chi connectivity index (χ3n) is 1.67. The summed E-state index contributed by atoms with van der Waals surface area (Å²) in [5, 5.41) is 3.25. The quantitative estimate of drug-likeness (QED) is 0.757. The first-order valence-corrected chi connectivity index (χ1v) is 4.47. The minimum absolute atomic E-state index is 0. The summed E-state index contributed by atoms with van der Waals surface area (Å²) in [5.74, 6) is -0.193. The highest BCUT2D eigenvalue weighted by molar-refractivity contribution is 5.42. The van der Waals surface area contributed by atoms with Crippen LogP contribution in [-0.4, -0.2) is 6.54 Å². The zero-order chi connectivity index (χ0) is 9.90. The molecule has 1 aromatic carbocycles. The number of benzene rings is 1. The van der Waals surface area contributed by atoms with Crippen molar-refractivity contribution >= 4 is 5.69 Å². The Bertz CT molecular complexity index is 259. The van der Waals surface area contributed by atoms with Crippen molar-refractivity contribution in [1.29, 1.82) is 0 Å². The summed E-state index contributed by atoms with van der Waals surface area (Å²) in [6, 6.07) is 6.43. The van der Waals surface area contributed by atoms with Crippen molar-refractivity contribution in [2.75, 3.05) is 11.9 Å². The zero-order valence-corrected chi connectivity index (χ0v) is 8.39. The van der Waals surface area contributed by atoms with Gasteiger partial charge < -0.3 is 5.32 Å². The molecule has 0 unspecified atom stereocenters. The zero-order valence-electron chi connectivity index (χ0n) is 8.39. The summed E-state index contributed by atoms with van der Waals surface area (Å²) < 4.78 is 12.5. The lowest BCUT2D eigenvalue weighted by molar-refractivity contribution is 0.443. The number of rotatable bonds is 2.